The third-order valence-electron chi connectivity index (χ3n) is 4.54. The minimum Gasteiger partial charge on any atom is -0.468 e. The highest BCUT2D eigenvalue weighted by Crippen LogP contribution is 2.36. The number of thioether (sulfide) groups is 1. The molecule has 2 aromatic heterocycles. The third kappa shape index (κ3) is 2.85. The van der Waals surface area contributed by atoms with E-state index in [1.54, 1.807) is 22.8 Å². The fourth-order valence-corrected chi connectivity index (χ4v) is 5.54. The maximum absolute atomic E-state index is 13.4. The first-order valence-electron chi connectivity index (χ1n) is 8.47. The van der Waals surface area contributed by atoms with Crippen LogP contribution in [0.25, 0.3) is 15.9 Å². The van der Waals surface area contributed by atoms with Crippen LogP contribution in [0.5, 0.6) is 0 Å². The number of ether oxygens (including phenoxy) is 1. The lowest BCUT2D eigenvalue weighted by Gasteiger charge is -2.14. The van der Waals surface area contributed by atoms with E-state index in [4.69, 9.17) is 9.72 Å². The fraction of sp³-hybridized carbons (Fsp3) is 0.316. The quantitative estimate of drug-likeness (QED) is 0.390. The molecule has 0 radical (unpaired) electrons. The molecule has 0 saturated heterocycles. The number of hydrogen-bond acceptors (Lipinski definition) is 6. The van der Waals surface area contributed by atoms with E-state index in [0.717, 1.165) is 40.7 Å². The molecule has 0 amide bonds. The number of carbonyl (C=O) groups excluding carboxylic acids is 1. The zero-order valence-electron chi connectivity index (χ0n) is 14.5. The molecule has 0 N–H and O–H groups in total. The molecule has 0 saturated carbocycles. The maximum atomic E-state index is 13.4. The molecular weight excluding hydrogens is 368 g/mol. The van der Waals surface area contributed by atoms with Gasteiger partial charge in [0, 0.05) is 4.88 Å². The SMILES string of the molecule is COC(=O)C(C)Sc1nc2sc3c(c2c(=O)n1-c1ccccc1)CCC3. The van der Waals surface area contributed by atoms with E-state index in [9.17, 15) is 9.59 Å². The highest BCUT2D eigenvalue weighted by atomic mass is 32.2. The van der Waals surface area contributed by atoms with Gasteiger partial charge in [-0.05, 0) is 43.9 Å². The van der Waals surface area contributed by atoms with Gasteiger partial charge < -0.3 is 4.74 Å². The van der Waals surface area contributed by atoms with Gasteiger partial charge in [-0.3, -0.25) is 14.2 Å². The Labute approximate surface area is 159 Å². The Balaban J connectivity index is 1.95. The van der Waals surface area contributed by atoms with Crippen LogP contribution in [-0.2, 0) is 22.4 Å². The van der Waals surface area contributed by atoms with Crippen LogP contribution in [0.3, 0.4) is 0 Å². The molecule has 0 fully saturated rings. The zero-order chi connectivity index (χ0) is 18.3. The second-order valence-corrected chi connectivity index (χ2v) is 8.58. The Morgan fingerprint density at radius 3 is 2.81 bits per heavy atom. The predicted molar refractivity (Wildman–Crippen MR) is 105 cm³/mol. The number of nitrogens with zero attached hydrogens (tertiary/aromatic N) is 2. The van der Waals surface area contributed by atoms with Gasteiger partial charge in [-0.1, -0.05) is 30.0 Å². The second-order valence-electron chi connectivity index (χ2n) is 6.19. The molecule has 4 rings (SSSR count). The molecule has 0 aliphatic heterocycles. The Bertz CT molecular complexity index is 1040. The van der Waals surface area contributed by atoms with Gasteiger partial charge in [0.25, 0.3) is 5.56 Å². The number of rotatable bonds is 4. The molecule has 1 aliphatic carbocycles. The molecule has 7 heteroatoms. The highest BCUT2D eigenvalue weighted by molar-refractivity contribution is 8.00. The Hall–Kier alpha value is -2.12. The lowest BCUT2D eigenvalue weighted by molar-refractivity contribution is -0.139. The minimum absolute atomic E-state index is 0.0554. The Morgan fingerprint density at radius 2 is 2.08 bits per heavy atom. The normalized spacial score (nSPS) is 14.4. The van der Waals surface area contributed by atoms with Gasteiger partial charge in [0.05, 0.1) is 18.2 Å². The van der Waals surface area contributed by atoms with Crippen LogP contribution in [0.15, 0.2) is 40.3 Å². The number of hydrogen-bond donors (Lipinski definition) is 0. The number of aryl methyl sites for hydroxylation is 2. The molecule has 134 valence electrons. The summed E-state index contributed by atoms with van der Waals surface area (Å²) in [6.07, 6.45) is 3.05. The van der Waals surface area contributed by atoms with Crippen molar-refractivity contribution < 1.29 is 9.53 Å². The summed E-state index contributed by atoms with van der Waals surface area (Å²) in [5, 5.41) is 0.805. The summed E-state index contributed by atoms with van der Waals surface area (Å²) in [5.41, 5.74) is 1.86. The number of methoxy groups -OCH3 is 1. The fourth-order valence-electron chi connectivity index (χ4n) is 3.28. The van der Waals surface area contributed by atoms with E-state index in [1.165, 1.54) is 23.7 Å². The number of para-hydroxylation sites is 1. The molecule has 1 aromatic carbocycles. The van der Waals surface area contributed by atoms with Gasteiger partial charge in [-0.25, -0.2) is 4.98 Å². The molecule has 0 bridgehead atoms. The second kappa shape index (κ2) is 6.89. The van der Waals surface area contributed by atoms with Crippen molar-refractivity contribution in [3.05, 3.63) is 51.1 Å². The number of esters is 1. The van der Waals surface area contributed by atoms with Gasteiger partial charge in [0.1, 0.15) is 10.1 Å². The van der Waals surface area contributed by atoms with E-state index in [-0.39, 0.29) is 11.5 Å². The van der Waals surface area contributed by atoms with E-state index >= 15 is 0 Å². The van der Waals surface area contributed by atoms with Gasteiger partial charge in [0.15, 0.2) is 5.16 Å². The average Bonchev–Trinajstić information content (AvgIpc) is 3.22. The van der Waals surface area contributed by atoms with Crippen molar-refractivity contribution in [2.45, 2.75) is 36.6 Å². The predicted octanol–water partition coefficient (Wildman–Crippen LogP) is 3.59. The van der Waals surface area contributed by atoms with Crippen LogP contribution in [0.2, 0.25) is 0 Å². The molecule has 0 spiro atoms. The van der Waals surface area contributed by atoms with Gasteiger partial charge >= 0.3 is 5.97 Å². The third-order valence-corrected chi connectivity index (χ3v) is 6.75. The van der Waals surface area contributed by atoms with Crippen LogP contribution in [-0.4, -0.2) is 27.9 Å². The van der Waals surface area contributed by atoms with Crippen molar-refractivity contribution in [2.75, 3.05) is 7.11 Å². The summed E-state index contributed by atoms with van der Waals surface area (Å²) in [6, 6.07) is 9.46. The lowest BCUT2D eigenvalue weighted by atomic mass is 10.2. The van der Waals surface area contributed by atoms with Gasteiger partial charge in [-0.2, -0.15) is 0 Å². The largest absolute Gasteiger partial charge is 0.468 e. The Kier molecular flexibility index (Phi) is 4.58. The number of aromatic nitrogens is 2. The molecular formula is C19H18N2O3S2. The first-order chi connectivity index (χ1) is 12.6. The van der Waals surface area contributed by atoms with Crippen LogP contribution in [0.4, 0.5) is 0 Å². The molecule has 1 atom stereocenters. The first-order valence-corrected chi connectivity index (χ1v) is 10.2. The van der Waals surface area contributed by atoms with E-state index < -0.39 is 5.25 Å². The van der Waals surface area contributed by atoms with Crippen LogP contribution >= 0.6 is 23.1 Å². The van der Waals surface area contributed by atoms with Crippen LogP contribution < -0.4 is 5.56 Å². The first kappa shape index (κ1) is 17.3. The molecule has 2 heterocycles. The van der Waals surface area contributed by atoms with Crippen molar-refractivity contribution in [1.29, 1.82) is 0 Å². The van der Waals surface area contributed by atoms with E-state index in [1.807, 2.05) is 30.3 Å². The van der Waals surface area contributed by atoms with Crippen LogP contribution in [0, 0.1) is 0 Å². The molecule has 26 heavy (non-hydrogen) atoms. The minimum atomic E-state index is -0.453. The summed E-state index contributed by atoms with van der Waals surface area (Å²) in [7, 11) is 1.37. The molecule has 3 aromatic rings. The maximum Gasteiger partial charge on any atom is 0.318 e. The van der Waals surface area contributed by atoms with Crippen molar-refractivity contribution >= 4 is 39.3 Å². The summed E-state index contributed by atoms with van der Waals surface area (Å²) >= 11 is 2.86. The van der Waals surface area contributed by atoms with Gasteiger partial charge in [0.2, 0.25) is 0 Å². The van der Waals surface area contributed by atoms with Crippen molar-refractivity contribution in [3.63, 3.8) is 0 Å². The monoisotopic (exact) mass is 386 g/mol. The summed E-state index contributed by atoms with van der Waals surface area (Å²) in [5.74, 6) is -0.336. The number of benzene rings is 1. The van der Waals surface area contributed by atoms with E-state index in [2.05, 4.69) is 0 Å². The summed E-state index contributed by atoms with van der Waals surface area (Å²) < 4.78 is 6.45. The molecule has 5 nitrogen and oxygen atoms in total. The highest BCUT2D eigenvalue weighted by Gasteiger charge is 2.25. The molecule has 1 aliphatic rings. The summed E-state index contributed by atoms with van der Waals surface area (Å²) in [4.78, 5) is 32.1. The van der Waals surface area contributed by atoms with Crippen molar-refractivity contribution in [3.8, 4) is 5.69 Å². The molecule has 1 unspecified atom stereocenters. The lowest BCUT2D eigenvalue weighted by Crippen LogP contribution is -2.24. The number of fused-ring (bicyclic) bond motifs is 3. The zero-order valence-corrected chi connectivity index (χ0v) is 16.2. The standard InChI is InChI=1S/C19H18N2O3S2/c1-11(18(23)24-2)25-19-20-16-15(13-9-6-10-14(13)26-16)17(22)21(19)12-7-4-3-5-8-12/h3-5,7-8,11H,6,9-10H2,1-2H3. The topological polar surface area (TPSA) is 61.2 Å². The average molecular weight is 386 g/mol. The van der Waals surface area contributed by atoms with E-state index in [0.29, 0.717) is 5.16 Å². The summed E-state index contributed by atoms with van der Waals surface area (Å²) in [6.45, 7) is 1.76. The number of thiophene rings is 1. The van der Waals surface area contributed by atoms with Crippen molar-refractivity contribution in [2.24, 2.45) is 0 Å². The van der Waals surface area contributed by atoms with Crippen molar-refractivity contribution in [1.82, 2.24) is 9.55 Å². The number of carbonyl (C=O) groups is 1. The smallest absolute Gasteiger partial charge is 0.318 e. The van der Waals surface area contributed by atoms with Crippen LogP contribution in [0.1, 0.15) is 23.8 Å². The Morgan fingerprint density at radius 1 is 1.31 bits per heavy atom. The van der Waals surface area contributed by atoms with Gasteiger partial charge in [-0.15, -0.1) is 11.3 Å².